The van der Waals surface area contributed by atoms with Gasteiger partial charge in [-0.25, -0.2) is 0 Å². The zero-order valence-corrected chi connectivity index (χ0v) is 16.1. The lowest BCUT2D eigenvalue weighted by molar-refractivity contribution is 0.485. The molecule has 3 aromatic carbocycles. The Hall–Kier alpha value is -2.92. The van der Waals surface area contributed by atoms with Gasteiger partial charge in [-0.3, -0.25) is 4.99 Å². The molecule has 0 fully saturated rings. The number of hydrogen-bond donors (Lipinski definition) is 0. The second kappa shape index (κ2) is 8.18. The molecule has 0 saturated heterocycles. The summed E-state index contributed by atoms with van der Waals surface area (Å²) in [5.74, 6) is 0.273. The molecule has 0 radical (unpaired) electrons. The van der Waals surface area contributed by atoms with E-state index in [-0.39, 0.29) is 16.7 Å². The van der Waals surface area contributed by atoms with Crippen molar-refractivity contribution in [3.05, 3.63) is 95.6 Å². The highest BCUT2D eigenvalue weighted by Crippen LogP contribution is 2.24. The summed E-state index contributed by atoms with van der Waals surface area (Å²) in [7, 11) is -3.87. The van der Waals surface area contributed by atoms with Crippen molar-refractivity contribution in [3.8, 4) is 5.75 Å². The lowest BCUT2D eigenvalue weighted by atomic mass is 10.1. The first kappa shape index (κ1) is 18.9. The molecule has 3 rings (SSSR count). The smallest absolute Gasteiger partial charge is 0.339 e. The van der Waals surface area contributed by atoms with Gasteiger partial charge >= 0.3 is 10.1 Å². The summed E-state index contributed by atoms with van der Waals surface area (Å²) in [6.45, 7) is 3.85. The monoisotopic (exact) mass is 379 g/mol. The van der Waals surface area contributed by atoms with Crippen LogP contribution in [-0.2, 0) is 10.1 Å². The first-order valence-corrected chi connectivity index (χ1v) is 10.0. The molecule has 0 aliphatic heterocycles. The fraction of sp³-hybridized carbons (Fsp3) is 0.136. The molecule has 0 aliphatic rings. The summed E-state index contributed by atoms with van der Waals surface area (Å²) in [5.41, 5.74) is 2.87. The predicted molar refractivity (Wildman–Crippen MR) is 108 cm³/mol. The van der Waals surface area contributed by atoms with Gasteiger partial charge in [-0.05, 0) is 49.2 Å². The molecule has 27 heavy (non-hydrogen) atoms. The molecule has 0 aromatic heterocycles. The van der Waals surface area contributed by atoms with Crippen molar-refractivity contribution in [1.82, 2.24) is 0 Å². The molecule has 1 atom stereocenters. The lowest BCUT2D eigenvalue weighted by Crippen LogP contribution is -2.10. The van der Waals surface area contributed by atoms with Gasteiger partial charge in [0.05, 0.1) is 6.04 Å². The van der Waals surface area contributed by atoms with E-state index < -0.39 is 10.1 Å². The Kier molecular flexibility index (Phi) is 5.72. The molecule has 3 aromatic rings. The van der Waals surface area contributed by atoms with Crippen molar-refractivity contribution < 1.29 is 12.6 Å². The maximum atomic E-state index is 12.5. The largest absolute Gasteiger partial charge is 0.379 e. The highest BCUT2D eigenvalue weighted by Gasteiger charge is 2.17. The van der Waals surface area contributed by atoms with Crippen LogP contribution in [0.2, 0.25) is 0 Å². The van der Waals surface area contributed by atoms with Crippen LogP contribution in [0.3, 0.4) is 0 Å². The molecule has 0 spiro atoms. The van der Waals surface area contributed by atoms with Crippen molar-refractivity contribution in [3.63, 3.8) is 0 Å². The maximum Gasteiger partial charge on any atom is 0.339 e. The van der Waals surface area contributed by atoms with Crippen molar-refractivity contribution in [2.24, 2.45) is 4.99 Å². The van der Waals surface area contributed by atoms with Gasteiger partial charge in [0.25, 0.3) is 0 Å². The summed E-state index contributed by atoms with van der Waals surface area (Å²) < 4.78 is 30.2. The molecule has 5 heteroatoms. The van der Waals surface area contributed by atoms with Gasteiger partial charge in [-0.1, -0.05) is 60.2 Å². The van der Waals surface area contributed by atoms with Gasteiger partial charge in [0, 0.05) is 6.21 Å². The summed E-state index contributed by atoms with van der Waals surface area (Å²) in [5, 5.41) is 0. The number of hydrogen-bond acceptors (Lipinski definition) is 4. The van der Waals surface area contributed by atoms with Gasteiger partial charge < -0.3 is 4.18 Å². The standard InChI is InChI=1S/C22H21NO3S/c1-17-11-13-22(14-12-17)27(24,25)26-21-10-6-9-20(15-21)18(2)23-16-19-7-4-3-5-8-19/h3-16,18H,1-2H3. The zero-order valence-electron chi connectivity index (χ0n) is 15.2. The van der Waals surface area contributed by atoms with Gasteiger partial charge in [0.2, 0.25) is 0 Å². The fourth-order valence-corrected chi connectivity index (χ4v) is 3.45. The molecule has 0 amide bonds. The Morgan fingerprint density at radius 3 is 2.33 bits per heavy atom. The van der Waals surface area contributed by atoms with E-state index in [4.69, 9.17) is 4.18 Å². The van der Waals surface area contributed by atoms with E-state index in [1.165, 1.54) is 0 Å². The minimum absolute atomic E-state index is 0.129. The molecule has 0 saturated carbocycles. The van der Waals surface area contributed by atoms with Crippen LogP contribution < -0.4 is 4.18 Å². The normalized spacial score (nSPS) is 12.8. The second-order valence-corrected chi connectivity index (χ2v) is 7.83. The third-order valence-electron chi connectivity index (χ3n) is 4.10. The summed E-state index contributed by atoms with van der Waals surface area (Å²) >= 11 is 0. The Labute approximate surface area is 160 Å². The summed E-state index contributed by atoms with van der Waals surface area (Å²) in [6.07, 6.45) is 1.81. The van der Waals surface area contributed by atoms with Crippen LogP contribution in [0, 0.1) is 6.92 Å². The lowest BCUT2D eigenvalue weighted by Gasteiger charge is -2.11. The molecule has 0 bridgehead atoms. The van der Waals surface area contributed by atoms with Crippen LogP contribution in [0.15, 0.2) is 88.8 Å². The Bertz CT molecular complexity index is 1030. The fourth-order valence-electron chi connectivity index (χ4n) is 2.53. The van der Waals surface area contributed by atoms with Gasteiger partial charge in [-0.2, -0.15) is 8.42 Å². The maximum absolute atomic E-state index is 12.5. The average Bonchev–Trinajstić information content (AvgIpc) is 2.67. The Balaban J connectivity index is 1.77. The van der Waals surface area contributed by atoms with Gasteiger partial charge in [0.1, 0.15) is 10.6 Å². The quantitative estimate of drug-likeness (QED) is 0.450. The van der Waals surface area contributed by atoms with Gasteiger partial charge in [0.15, 0.2) is 0 Å². The number of rotatable bonds is 6. The second-order valence-electron chi connectivity index (χ2n) is 6.29. The summed E-state index contributed by atoms with van der Waals surface area (Å²) in [4.78, 5) is 4.67. The Morgan fingerprint density at radius 2 is 1.63 bits per heavy atom. The van der Waals surface area contributed by atoms with Crippen LogP contribution in [0.1, 0.15) is 29.7 Å². The highest BCUT2D eigenvalue weighted by atomic mass is 32.2. The third kappa shape index (κ3) is 5.05. The first-order chi connectivity index (χ1) is 12.9. The molecule has 0 N–H and O–H groups in total. The number of benzene rings is 3. The molecule has 0 aliphatic carbocycles. The zero-order chi connectivity index (χ0) is 19.3. The van der Waals surface area contributed by atoms with E-state index in [9.17, 15) is 8.42 Å². The predicted octanol–water partition coefficient (Wildman–Crippen LogP) is 4.94. The molecule has 138 valence electrons. The van der Waals surface area contributed by atoms with Crippen LogP contribution in [0.25, 0.3) is 0 Å². The molecular weight excluding hydrogens is 358 g/mol. The molecule has 4 nitrogen and oxygen atoms in total. The van der Waals surface area contributed by atoms with Crippen molar-refractivity contribution >= 4 is 16.3 Å². The number of aryl methyl sites for hydroxylation is 1. The van der Waals surface area contributed by atoms with Crippen molar-refractivity contribution in [1.29, 1.82) is 0 Å². The molecule has 0 heterocycles. The Morgan fingerprint density at radius 1 is 0.926 bits per heavy atom. The third-order valence-corrected chi connectivity index (χ3v) is 5.36. The first-order valence-electron chi connectivity index (χ1n) is 8.63. The van der Waals surface area contributed by atoms with E-state index in [1.807, 2.05) is 50.2 Å². The van der Waals surface area contributed by atoms with Gasteiger partial charge in [-0.15, -0.1) is 0 Å². The molecule has 1 unspecified atom stereocenters. The van der Waals surface area contributed by atoms with Crippen LogP contribution in [-0.4, -0.2) is 14.6 Å². The number of nitrogens with zero attached hydrogens (tertiary/aromatic N) is 1. The minimum Gasteiger partial charge on any atom is -0.379 e. The van der Waals surface area contributed by atoms with E-state index >= 15 is 0 Å². The topological polar surface area (TPSA) is 55.7 Å². The van der Waals surface area contributed by atoms with Crippen molar-refractivity contribution in [2.75, 3.05) is 0 Å². The van der Waals surface area contributed by atoms with Crippen LogP contribution in [0.4, 0.5) is 0 Å². The van der Waals surface area contributed by atoms with Crippen molar-refractivity contribution in [2.45, 2.75) is 24.8 Å². The SMILES string of the molecule is Cc1ccc(S(=O)(=O)Oc2cccc(C(C)N=Cc3ccccc3)c2)cc1. The average molecular weight is 379 g/mol. The van der Waals surface area contributed by atoms with Crippen LogP contribution >= 0.6 is 0 Å². The van der Waals surface area contributed by atoms with E-state index in [1.54, 1.807) is 48.7 Å². The highest BCUT2D eigenvalue weighted by molar-refractivity contribution is 7.87. The van der Waals surface area contributed by atoms with Crippen LogP contribution in [0.5, 0.6) is 5.75 Å². The molecular formula is C22H21NO3S. The number of aliphatic imine (C=N–C) groups is 1. The van der Waals surface area contributed by atoms with E-state index in [2.05, 4.69) is 4.99 Å². The van der Waals surface area contributed by atoms with E-state index in [0.29, 0.717) is 0 Å². The van der Waals surface area contributed by atoms with E-state index in [0.717, 1.165) is 16.7 Å². The minimum atomic E-state index is -3.87. The summed E-state index contributed by atoms with van der Waals surface area (Å²) in [6, 6.07) is 23.3.